The van der Waals surface area contributed by atoms with Gasteiger partial charge in [-0.3, -0.25) is 0 Å². The van der Waals surface area contributed by atoms with Gasteiger partial charge in [0.15, 0.2) is 0 Å². The molecule has 0 radical (unpaired) electrons. The molecule has 0 aliphatic rings. The summed E-state index contributed by atoms with van der Waals surface area (Å²) in [5.74, 6) is -0.252. The molecule has 146 valence electrons. The molecule has 8 heteroatoms. The van der Waals surface area contributed by atoms with Crippen LogP contribution in [0, 0.1) is 5.82 Å². The van der Waals surface area contributed by atoms with E-state index in [2.05, 4.69) is 5.32 Å². The largest absolute Gasteiger partial charge is 0.383 e. The summed E-state index contributed by atoms with van der Waals surface area (Å²) in [6.07, 6.45) is 1.69. The Morgan fingerprint density at radius 1 is 1.22 bits per heavy atom. The standard InChI is InChI=1S/C19H23FN2O4S/c1-4-14(2)22(19(23)21-17-9-6-8-16(20)12-17)13-15-7-5-10-18(11-15)26-27(3,24)25/h5-12,14H,4,13H2,1-3H3,(H,21,23). The SMILES string of the molecule is CCC(C)N(Cc1cccc(OS(C)(=O)=O)c1)C(=O)Nc1cccc(F)c1. The van der Waals surface area contributed by atoms with Crippen LogP contribution in [0.1, 0.15) is 25.8 Å². The molecule has 6 nitrogen and oxygen atoms in total. The molecular weight excluding hydrogens is 371 g/mol. The van der Waals surface area contributed by atoms with Gasteiger partial charge in [-0.05, 0) is 49.2 Å². The van der Waals surface area contributed by atoms with E-state index in [1.54, 1.807) is 29.2 Å². The van der Waals surface area contributed by atoms with Crippen molar-refractivity contribution in [2.24, 2.45) is 0 Å². The lowest BCUT2D eigenvalue weighted by Crippen LogP contribution is -2.40. The number of carbonyl (C=O) groups is 1. The summed E-state index contributed by atoms with van der Waals surface area (Å²) in [4.78, 5) is 14.3. The fourth-order valence-corrected chi connectivity index (χ4v) is 2.93. The highest BCUT2D eigenvalue weighted by Crippen LogP contribution is 2.19. The maximum Gasteiger partial charge on any atom is 0.322 e. The van der Waals surface area contributed by atoms with Crippen LogP contribution in [-0.4, -0.2) is 31.6 Å². The molecule has 0 aliphatic heterocycles. The summed E-state index contributed by atoms with van der Waals surface area (Å²) in [5.41, 5.74) is 1.08. The highest BCUT2D eigenvalue weighted by Gasteiger charge is 2.20. The van der Waals surface area contributed by atoms with Gasteiger partial charge in [-0.1, -0.05) is 25.1 Å². The number of hydrogen-bond donors (Lipinski definition) is 1. The highest BCUT2D eigenvalue weighted by molar-refractivity contribution is 7.86. The second-order valence-corrected chi connectivity index (χ2v) is 7.84. The van der Waals surface area contributed by atoms with Gasteiger partial charge in [0.2, 0.25) is 0 Å². The molecule has 0 saturated carbocycles. The van der Waals surface area contributed by atoms with Crippen molar-refractivity contribution in [3.05, 3.63) is 59.9 Å². The molecule has 2 amide bonds. The molecule has 0 fully saturated rings. The number of halogens is 1. The number of anilines is 1. The summed E-state index contributed by atoms with van der Waals surface area (Å²) in [5, 5.41) is 2.69. The second kappa shape index (κ2) is 8.85. The lowest BCUT2D eigenvalue weighted by molar-refractivity contribution is 0.187. The molecule has 0 spiro atoms. The molecule has 1 atom stereocenters. The molecule has 0 aliphatic carbocycles. The van der Waals surface area contributed by atoms with Crippen LogP contribution in [0.25, 0.3) is 0 Å². The number of nitrogens with one attached hydrogen (secondary N) is 1. The fraction of sp³-hybridized carbons (Fsp3) is 0.316. The zero-order valence-corrected chi connectivity index (χ0v) is 16.3. The van der Waals surface area contributed by atoms with Crippen LogP contribution >= 0.6 is 0 Å². The first kappa shape index (κ1) is 20.7. The Balaban J connectivity index is 2.19. The van der Waals surface area contributed by atoms with E-state index in [0.29, 0.717) is 11.3 Å². The third-order valence-corrected chi connectivity index (χ3v) is 4.45. The summed E-state index contributed by atoms with van der Waals surface area (Å²) < 4.78 is 40.8. The summed E-state index contributed by atoms with van der Waals surface area (Å²) in [6, 6.07) is 11.8. The number of carbonyl (C=O) groups excluding carboxylic acids is 1. The minimum Gasteiger partial charge on any atom is -0.383 e. The van der Waals surface area contributed by atoms with Gasteiger partial charge >= 0.3 is 16.1 Å². The topological polar surface area (TPSA) is 75.7 Å². The molecule has 2 aromatic carbocycles. The predicted octanol–water partition coefficient (Wildman–Crippen LogP) is 4.00. The first-order valence-electron chi connectivity index (χ1n) is 8.49. The van der Waals surface area contributed by atoms with Crippen LogP contribution in [0.3, 0.4) is 0 Å². The number of nitrogens with zero attached hydrogens (tertiary/aromatic N) is 1. The normalized spacial score (nSPS) is 12.3. The average Bonchev–Trinajstić information content (AvgIpc) is 2.57. The number of benzene rings is 2. The van der Waals surface area contributed by atoms with E-state index >= 15 is 0 Å². The van der Waals surface area contributed by atoms with E-state index < -0.39 is 15.9 Å². The van der Waals surface area contributed by atoms with E-state index in [4.69, 9.17) is 4.18 Å². The molecule has 2 aromatic rings. The van der Waals surface area contributed by atoms with Gasteiger partial charge in [-0.2, -0.15) is 8.42 Å². The van der Waals surface area contributed by atoms with Crippen LogP contribution < -0.4 is 9.50 Å². The Labute approximate surface area is 159 Å². The monoisotopic (exact) mass is 394 g/mol. The third-order valence-electron chi connectivity index (χ3n) is 3.96. The van der Waals surface area contributed by atoms with Gasteiger partial charge in [-0.25, -0.2) is 9.18 Å². The maximum absolute atomic E-state index is 13.3. The minimum atomic E-state index is -3.63. The molecule has 0 saturated heterocycles. The van der Waals surface area contributed by atoms with Crippen molar-refractivity contribution in [2.45, 2.75) is 32.9 Å². The van der Waals surface area contributed by atoms with Gasteiger partial charge in [0, 0.05) is 18.3 Å². The molecule has 1 N–H and O–H groups in total. The van der Waals surface area contributed by atoms with Crippen molar-refractivity contribution in [3.8, 4) is 5.75 Å². The van der Waals surface area contributed by atoms with E-state index in [1.165, 1.54) is 24.3 Å². The first-order valence-corrected chi connectivity index (χ1v) is 10.3. The minimum absolute atomic E-state index is 0.0851. The third kappa shape index (κ3) is 6.56. The Morgan fingerprint density at radius 3 is 2.56 bits per heavy atom. The van der Waals surface area contributed by atoms with Crippen LogP contribution in [0.15, 0.2) is 48.5 Å². The van der Waals surface area contributed by atoms with E-state index in [1.807, 2.05) is 13.8 Å². The van der Waals surface area contributed by atoms with Crippen molar-refractivity contribution < 1.29 is 21.8 Å². The molecule has 1 unspecified atom stereocenters. The van der Waals surface area contributed by atoms with Gasteiger partial charge in [-0.15, -0.1) is 0 Å². The molecule has 27 heavy (non-hydrogen) atoms. The molecule has 2 rings (SSSR count). The Kier molecular flexibility index (Phi) is 6.79. The van der Waals surface area contributed by atoms with Gasteiger partial charge < -0.3 is 14.4 Å². The zero-order chi connectivity index (χ0) is 20.0. The maximum atomic E-state index is 13.3. The average molecular weight is 394 g/mol. The number of rotatable bonds is 7. The predicted molar refractivity (Wildman–Crippen MR) is 103 cm³/mol. The Hall–Kier alpha value is -2.61. The molecule has 0 heterocycles. The van der Waals surface area contributed by atoms with Crippen LogP contribution in [0.2, 0.25) is 0 Å². The van der Waals surface area contributed by atoms with Gasteiger partial charge in [0.25, 0.3) is 0 Å². The zero-order valence-electron chi connectivity index (χ0n) is 15.5. The second-order valence-electron chi connectivity index (χ2n) is 6.26. The first-order chi connectivity index (χ1) is 12.7. The molecule has 0 bridgehead atoms. The van der Waals surface area contributed by atoms with Crippen molar-refractivity contribution in [2.75, 3.05) is 11.6 Å². The van der Waals surface area contributed by atoms with E-state index in [9.17, 15) is 17.6 Å². The van der Waals surface area contributed by atoms with Crippen molar-refractivity contribution in [3.63, 3.8) is 0 Å². The summed E-state index contributed by atoms with van der Waals surface area (Å²) in [6.45, 7) is 4.11. The number of amides is 2. The van der Waals surface area contributed by atoms with Crippen molar-refractivity contribution in [1.29, 1.82) is 0 Å². The van der Waals surface area contributed by atoms with Crippen molar-refractivity contribution in [1.82, 2.24) is 4.90 Å². The van der Waals surface area contributed by atoms with Crippen LogP contribution in [0.5, 0.6) is 5.75 Å². The lowest BCUT2D eigenvalue weighted by atomic mass is 10.1. The Morgan fingerprint density at radius 2 is 1.93 bits per heavy atom. The highest BCUT2D eigenvalue weighted by atomic mass is 32.2. The summed E-state index contributed by atoms with van der Waals surface area (Å²) in [7, 11) is -3.63. The smallest absolute Gasteiger partial charge is 0.322 e. The molecular formula is C19H23FN2O4S. The van der Waals surface area contributed by atoms with Gasteiger partial charge in [0.05, 0.1) is 6.26 Å². The summed E-state index contributed by atoms with van der Waals surface area (Å²) >= 11 is 0. The van der Waals surface area contributed by atoms with E-state index in [0.717, 1.165) is 12.7 Å². The lowest BCUT2D eigenvalue weighted by Gasteiger charge is -2.29. The van der Waals surface area contributed by atoms with Gasteiger partial charge in [0.1, 0.15) is 11.6 Å². The van der Waals surface area contributed by atoms with Crippen molar-refractivity contribution >= 4 is 21.8 Å². The van der Waals surface area contributed by atoms with E-state index in [-0.39, 0.29) is 24.4 Å². The quantitative estimate of drug-likeness (QED) is 0.721. The fourth-order valence-electron chi connectivity index (χ4n) is 2.48. The van der Waals surface area contributed by atoms with Crippen LogP contribution in [0.4, 0.5) is 14.9 Å². The van der Waals surface area contributed by atoms with Crippen LogP contribution in [-0.2, 0) is 16.7 Å². The number of urea groups is 1. The Bertz CT molecular complexity index is 902. The number of hydrogen-bond acceptors (Lipinski definition) is 4. The molecule has 0 aromatic heterocycles.